The first kappa shape index (κ1) is 20.6. The molecule has 1 aliphatic heterocycles. The van der Waals surface area contributed by atoms with Gasteiger partial charge in [0, 0.05) is 39.1 Å². The van der Waals surface area contributed by atoms with E-state index >= 15 is 0 Å². The van der Waals surface area contributed by atoms with Crippen molar-refractivity contribution in [1.82, 2.24) is 9.62 Å². The van der Waals surface area contributed by atoms with Crippen LogP contribution in [0, 0.1) is 5.82 Å². The van der Waals surface area contributed by atoms with Crippen LogP contribution in [0.5, 0.6) is 0 Å². The van der Waals surface area contributed by atoms with Gasteiger partial charge in [0.25, 0.3) is 0 Å². The molecule has 146 valence electrons. The lowest BCUT2D eigenvalue weighted by atomic mass is 10.2. The highest BCUT2D eigenvalue weighted by Gasteiger charge is 2.27. The van der Waals surface area contributed by atoms with Crippen molar-refractivity contribution in [3.05, 3.63) is 30.1 Å². The number of hydrogen-bond acceptors (Lipinski definition) is 4. The van der Waals surface area contributed by atoms with Crippen LogP contribution >= 0.6 is 0 Å². The van der Waals surface area contributed by atoms with E-state index < -0.39 is 10.0 Å². The molecule has 0 bridgehead atoms. The zero-order valence-corrected chi connectivity index (χ0v) is 16.1. The molecule has 0 saturated carbocycles. The number of nitrogens with zero attached hydrogens (tertiary/aromatic N) is 2. The Morgan fingerprint density at radius 3 is 2.50 bits per heavy atom. The van der Waals surface area contributed by atoms with Gasteiger partial charge in [-0.3, -0.25) is 4.79 Å². The van der Waals surface area contributed by atoms with Crippen molar-refractivity contribution in [2.45, 2.75) is 32.6 Å². The van der Waals surface area contributed by atoms with Gasteiger partial charge < -0.3 is 10.2 Å². The van der Waals surface area contributed by atoms with E-state index in [0.29, 0.717) is 51.3 Å². The highest BCUT2D eigenvalue weighted by Crippen LogP contribution is 2.21. The largest absolute Gasteiger partial charge is 0.367 e. The molecule has 1 N–H and O–H groups in total. The van der Waals surface area contributed by atoms with Crippen LogP contribution in [0.3, 0.4) is 0 Å². The summed E-state index contributed by atoms with van der Waals surface area (Å²) in [6.45, 7) is 4.02. The minimum absolute atomic E-state index is 0.0146. The van der Waals surface area contributed by atoms with Gasteiger partial charge >= 0.3 is 0 Å². The summed E-state index contributed by atoms with van der Waals surface area (Å²) in [5.74, 6) is -0.300. The smallest absolute Gasteiger partial charge is 0.219 e. The van der Waals surface area contributed by atoms with Gasteiger partial charge in [0.2, 0.25) is 15.9 Å². The van der Waals surface area contributed by atoms with Gasteiger partial charge in [0.15, 0.2) is 0 Å². The van der Waals surface area contributed by atoms with Crippen LogP contribution in [0.2, 0.25) is 0 Å². The van der Waals surface area contributed by atoms with Crippen LogP contribution in [0.25, 0.3) is 0 Å². The molecular weight excluding hydrogens is 357 g/mol. The molecule has 0 atom stereocenters. The van der Waals surface area contributed by atoms with Crippen LogP contribution in [0.15, 0.2) is 24.3 Å². The lowest BCUT2D eigenvalue weighted by Gasteiger charge is -2.35. The molecule has 26 heavy (non-hydrogen) atoms. The third kappa shape index (κ3) is 5.95. The van der Waals surface area contributed by atoms with Gasteiger partial charge in [-0.25, -0.2) is 12.8 Å². The highest BCUT2D eigenvalue weighted by atomic mass is 32.2. The summed E-state index contributed by atoms with van der Waals surface area (Å²) in [5, 5.41) is 2.76. The number of benzene rings is 1. The predicted molar refractivity (Wildman–Crippen MR) is 101 cm³/mol. The van der Waals surface area contributed by atoms with Crippen LogP contribution in [-0.4, -0.2) is 57.1 Å². The molecule has 0 aliphatic carbocycles. The summed E-state index contributed by atoms with van der Waals surface area (Å²) in [6.07, 6.45) is 2.69. The Kier molecular flexibility index (Phi) is 7.84. The molecule has 0 radical (unpaired) electrons. The SMILES string of the molecule is CCCCC(=O)NCCCS(=O)(=O)N1CCN(c2ccccc2F)CC1. The average Bonchev–Trinajstić information content (AvgIpc) is 2.64. The zero-order chi connectivity index (χ0) is 19.0. The summed E-state index contributed by atoms with van der Waals surface area (Å²) >= 11 is 0. The van der Waals surface area contributed by atoms with Crippen molar-refractivity contribution in [1.29, 1.82) is 0 Å². The second kappa shape index (κ2) is 9.87. The molecule has 1 amide bonds. The Morgan fingerprint density at radius 1 is 1.15 bits per heavy atom. The maximum absolute atomic E-state index is 13.8. The standard InChI is InChI=1S/C18H28FN3O3S/c1-2-3-9-18(23)20-10-6-15-26(24,25)22-13-11-21(12-14-22)17-8-5-4-7-16(17)19/h4-5,7-8H,2-3,6,9-15H2,1H3,(H,20,23). The van der Waals surface area contributed by atoms with Crippen molar-refractivity contribution in [2.24, 2.45) is 0 Å². The van der Waals surface area contributed by atoms with Gasteiger partial charge in [-0.15, -0.1) is 0 Å². The molecule has 0 unspecified atom stereocenters. The predicted octanol–water partition coefficient (Wildman–Crippen LogP) is 1.97. The highest BCUT2D eigenvalue weighted by molar-refractivity contribution is 7.89. The van der Waals surface area contributed by atoms with Gasteiger partial charge in [-0.2, -0.15) is 4.31 Å². The Morgan fingerprint density at radius 2 is 1.85 bits per heavy atom. The minimum Gasteiger partial charge on any atom is -0.367 e. The van der Waals surface area contributed by atoms with E-state index in [1.165, 1.54) is 10.4 Å². The van der Waals surface area contributed by atoms with Crippen LogP contribution in [0.1, 0.15) is 32.6 Å². The number of piperazine rings is 1. The number of sulfonamides is 1. The number of halogens is 1. The van der Waals surface area contributed by atoms with E-state index in [1.54, 1.807) is 18.2 Å². The number of carbonyl (C=O) groups excluding carboxylic acids is 1. The van der Waals surface area contributed by atoms with Crippen molar-refractivity contribution >= 4 is 21.6 Å². The topological polar surface area (TPSA) is 69.7 Å². The number of nitrogens with one attached hydrogen (secondary N) is 1. The third-order valence-corrected chi connectivity index (χ3v) is 6.44. The molecule has 1 aromatic rings. The Labute approximate surface area is 155 Å². The normalized spacial score (nSPS) is 15.8. The van der Waals surface area contributed by atoms with E-state index in [9.17, 15) is 17.6 Å². The number of para-hydroxylation sites is 1. The Balaban J connectivity index is 1.75. The molecule has 2 rings (SSSR count). The summed E-state index contributed by atoms with van der Waals surface area (Å²) in [4.78, 5) is 13.4. The number of unbranched alkanes of at least 4 members (excludes halogenated alkanes) is 1. The molecule has 6 nitrogen and oxygen atoms in total. The van der Waals surface area contributed by atoms with Gasteiger partial charge in [-0.1, -0.05) is 25.5 Å². The molecule has 1 heterocycles. The number of hydrogen-bond donors (Lipinski definition) is 1. The van der Waals surface area contributed by atoms with Crippen molar-refractivity contribution in [3.63, 3.8) is 0 Å². The minimum atomic E-state index is -3.35. The average molecular weight is 386 g/mol. The summed E-state index contributed by atoms with van der Waals surface area (Å²) in [6, 6.07) is 6.53. The maximum Gasteiger partial charge on any atom is 0.219 e. The van der Waals surface area contributed by atoms with Gasteiger partial charge in [0.1, 0.15) is 5.82 Å². The zero-order valence-electron chi connectivity index (χ0n) is 15.3. The van der Waals surface area contributed by atoms with E-state index in [0.717, 1.165) is 12.8 Å². The third-order valence-electron chi connectivity index (χ3n) is 4.48. The van der Waals surface area contributed by atoms with Gasteiger partial charge in [-0.05, 0) is 25.0 Å². The first-order valence-electron chi connectivity index (χ1n) is 9.18. The fourth-order valence-electron chi connectivity index (χ4n) is 2.95. The molecule has 1 aliphatic rings. The molecule has 1 saturated heterocycles. The molecule has 1 aromatic carbocycles. The molecule has 0 spiro atoms. The van der Waals surface area contributed by atoms with Crippen LogP contribution < -0.4 is 10.2 Å². The number of anilines is 1. The Hall–Kier alpha value is -1.67. The van der Waals surface area contributed by atoms with E-state index in [-0.39, 0.29) is 17.5 Å². The monoisotopic (exact) mass is 385 g/mol. The van der Waals surface area contributed by atoms with Crippen LogP contribution in [0.4, 0.5) is 10.1 Å². The van der Waals surface area contributed by atoms with Gasteiger partial charge in [0.05, 0.1) is 11.4 Å². The number of amides is 1. The summed E-state index contributed by atoms with van der Waals surface area (Å²) in [5.41, 5.74) is 0.513. The van der Waals surface area contributed by atoms with E-state index in [4.69, 9.17) is 0 Å². The number of carbonyl (C=O) groups is 1. The van der Waals surface area contributed by atoms with Crippen molar-refractivity contribution < 1.29 is 17.6 Å². The quantitative estimate of drug-likeness (QED) is 0.660. The maximum atomic E-state index is 13.8. The second-order valence-corrected chi connectivity index (χ2v) is 8.55. The molecule has 8 heteroatoms. The molecule has 0 aromatic heterocycles. The number of rotatable bonds is 9. The fourth-order valence-corrected chi connectivity index (χ4v) is 4.44. The second-order valence-electron chi connectivity index (χ2n) is 6.46. The Bertz CT molecular complexity index is 689. The van der Waals surface area contributed by atoms with Crippen LogP contribution in [-0.2, 0) is 14.8 Å². The lowest BCUT2D eigenvalue weighted by Crippen LogP contribution is -2.49. The first-order valence-corrected chi connectivity index (χ1v) is 10.8. The molecular formula is C18H28FN3O3S. The van der Waals surface area contributed by atoms with E-state index in [2.05, 4.69) is 5.32 Å². The lowest BCUT2D eigenvalue weighted by molar-refractivity contribution is -0.121. The molecule has 1 fully saturated rings. The van der Waals surface area contributed by atoms with Crippen molar-refractivity contribution in [3.8, 4) is 0 Å². The van der Waals surface area contributed by atoms with Crippen molar-refractivity contribution in [2.75, 3.05) is 43.4 Å². The summed E-state index contributed by atoms with van der Waals surface area (Å²) < 4.78 is 40.2. The first-order chi connectivity index (χ1) is 12.4. The fraction of sp³-hybridized carbons (Fsp3) is 0.611. The van der Waals surface area contributed by atoms with E-state index in [1.807, 2.05) is 11.8 Å². The summed E-state index contributed by atoms with van der Waals surface area (Å²) in [7, 11) is -3.35.